The number of nitrogens with zero attached hydrogens (tertiary/aromatic N) is 4. The SMILES string of the molecule is CCNC(=NCc1nccn1C(F)F)NCc1nc(C)c(C)s1.I. The second-order valence-electron chi connectivity index (χ2n) is 4.83. The molecule has 2 N–H and O–H groups in total. The van der Waals surface area contributed by atoms with E-state index in [1.807, 2.05) is 20.8 Å². The number of halogens is 3. The summed E-state index contributed by atoms with van der Waals surface area (Å²) in [4.78, 5) is 13.8. The van der Waals surface area contributed by atoms with Crippen molar-refractivity contribution in [2.45, 2.75) is 40.4 Å². The number of aliphatic imine (C=N–C) groups is 1. The van der Waals surface area contributed by atoms with E-state index in [-0.39, 0.29) is 36.3 Å². The summed E-state index contributed by atoms with van der Waals surface area (Å²) in [5.74, 6) is 0.764. The molecule has 0 saturated heterocycles. The van der Waals surface area contributed by atoms with Gasteiger partial charge in [0.1, 0.15) is 17.4 Å². The predicted octanol–water partition coefficient (Wildman–Crippen LogP) is 3.22. The number of aryl methyl sites for hydroxylation is 2. The number of rotatable bonds is 6. The molecule has 0 bridgehead atoms. The first-order valence-electron chi connectivity index (χ1n) is 7.26. The zero-order valence-corrected chi connectivity index (χ0v) is 16.9. The number of imidazole rings is 1. The molecule has 2 aromatic heterocycles. The van der Waals surface area contributed by atoms with Crippen molar-refractivity contribution in [3.63, 3.8) is 0 Å². The smallest absolute Gasteiger partial charge is 0.319 e. The molecule has 2 aromatic rings. The minimum Gasteiger partial charge on any atom is -0.357 e. The molecular formula is C14H21F2IN6S. The summed E-state index contributed by atoms with van der Waals surface area (Å²) >= 11 is 1.62. The molecule has 0 amide bonds. The van der Waals surface area contributed by atoms with Crippen LogP contribution in [0.15, 0.2) is 17.4 Å². The first kappa shape index (κ1) is 20.7. The molecule has 134 valence electrons. The molecule has 24 heavy (non-hydrogen) atoms. The number of hydrogen-bond acceptors (Lipinski definition) is 4. The highest BCUT2D eigenvalue weighted by Gasteiger charge is 2.11. The van der Waals surface area contributed by atoms with Crippen LogP contribution in [0.4, 0.5) is 8.78 Å². The molecule has 0 aromatic carbocycles. The van der Waals surface area contributed by atoms with Crippen molar-refractivity contribution in [2.75, 3.05) is 6.54 Å². The monoisotopic (exact) mass is 470 g/mol. The average molecular weight is 470 g/mol. The lowest BCUT2D eigenvalue weighted by molar-refractivity contribution is 0.0671. The minimum atomic E-state index is -2.61. The summed E-state index contributed by atoms with van der Waals surface area (Å²) in [6.07, 6.45) is 2.59. The maximum Gasteiger partial charge on any atom is 0.319 e. The highest BCUT2D eigenvalue weighted by atomic mass is 127. The summed E-state index contributed by atoms with van der Waals surface area (Å²) in [7, 11) is 0. The molecule has 0 unspecified atom stereocenters. The fourth-order valence-corrected chi connectivity index (χ4v) is 2.78. The molecule has 0 aliphatic rings. The molecule has 0 fully saturated rings. The lowest BCUT2D eigenvalue weighted by atomic mass is 10.4. The third kappa shape index (κ3) is 5.65. The number of aromatic nitrogens is 3. The van der Waals surface area contributed by atoms with E-state index >= 15 is 0 Å². The normalized spacial score (nSPS) is 11.5. The Kier molecular flexibility index (Phi) is 8.53. The van der Waals surface area contributed by atoms with E-state index in [0.29, 0.717) is 19.0 Å². The quantitative estimate of drug-likeness (QED) is 0.387. The third-order valence-corrected chi connectivity index (χ3v) is 4.23. The van der Waals surface area contributed by atoms with Crippen LogP contribution < -0.4 is 10.6 Å². The molecule has 0 aliphatic heterocycles. The van der Waals surface area contributed by atoms with E-state index in [2.05, 4.69) is 25.6 Å². The Labute approximate surface area is 160 Å². The third-order valence-electron chi connectivity index (χ3n) is 3.16. The second kappa shape index (κ2) is 9.87. The van der Waals surface area contributed by atoms with Gasteiger partial charge in [-0.05, 0) is 20.8 Å². The molecule has 0 spiro atoms. The lowest BCUT2D eigenvalue weighted by Gasteiger charge is -2.10. The van der Waals surface area contributed by atoms with Gasteiger partial charge >= 0.3 is 6.55 Å². The van der Waals surface area contributed by atoms with Gasteiger partial charge in [0.05, 0.1) is 12.2 Å². The largest absolute Gasteiger partial charge is 0.357 e. The van der Waals surface area contributed by atoms with E-state index in [0.717, 1.165) is 15.3 Å². The fourth-order valence-electron chi connectivity index (χ4n) is 1.91. The Bertz CT molecular complexity index is 651. The van der Waals surface area contributed by atoms with Crippen LogP contribution in [-0.2, 0) is 13.1 Å². The summed E-state index contributed by atoms with van der Waals surface area (Å²) in [5, 5.41) is 7.19. The zero-order valence-electron chi connectivity index (χ0n) is 13.7. The van der Waals surface area contributed by atoms with Gasteiger partial charge in [0, 0.05) is 23.8 Å². The number of thiazole rings is 1. The number of nitrogens with one attached hydrogen (secondary N) is 2. The van der Waals surface area contributed by atoms with Crippen molar-refractivity contribution in [2.24, 2.45) is 4.99 Å². The molecular weight excluding hydrogens is 449 g/mol. The van der Waals surface area contributed by atoms with Gasteiger partial charge in [-0.15, -0.1) is 35.3 Å². The first-order valence-corrected chi connectivity index (χ1v) is 8.07. The van der Waals surface area contributed by atoms with Gasteiger partial charge < -0.3 is 10.6 Å². The topological polar surface area (TPSA) is 67.1 Å². The van der Waals surface area contributed by atoms with Crippen molar-refractivity contribution in [3.8, 4) is 0 Å². The molecule has 0 atom stereocenters. The Balaban J connectivity index is 0.00000288. The molecule has 0 saturated carbocycles. The van der Waals surface area contributed by atoms with Crippen molar-refractivity contribution in [1.82, 2.24) is 25.2 Å². The van der Waals surface area contributed by atoms with Crippen molar-refractivity contribution >= 4 is 41.3 Å². The van der Waals surface area contributed by atoms with E-state index in [1.54, 1.807) is 11.3 Å². The van der Waals surface area contributed by atoms with Gasteiger partial charge in [0.25, 0.3) is 0 Å². The van der Waals surface area contributed by atoms with Crippen LogP contribution in [0.5, 0.6) is 0 Å². The minimum absolute atomic E-state index is 0. The van der Waals surface area contributed by atoms with Gasteiger partial charge in [0.15, 0.2) is 5.96 Å². The van der Waals surface area contributed by atoms with Crippen LogP contribution in [0.3, 0.4) is 0 Å². The van der Waals surface area contributed by atoms with Gasteiger partial charge in [0.2, 0.25) is 0 Å². The summed E-state index contributed by atoms with van der Waals surface area (Å²) in [6, 6.07) is 0. The Morgan fingerprint density at radius 1 is 1.38 bits per heavy atom. The Morgan fingerprint density at radius 3 is 2.71 bits per heavy atom. The molecule has 2 rings (SSSR count). The van der Waals surface area contributed by atoms with E-state index in [4.69, 9.17) is 0 Å². The van der Waals surface area contributed by atoms with Crippen molar-refractivity contribution in [1.29, 1.82) is 0 Å². The fraction of sp³-hybridized carbons (Fsp3) is 0.500. The van der Waals surface area contributed by atoms with Crippen LogP contribution in [-0.4, -0.2) is 27.0 Å². The summed E-state index contributed by atoms with van der Waals surface area (Å²) in [5.41, 5.74) is 1.02. The van der Waals surface area contributed by atoms with Crippen molar-refractivity contribution in [3.05, 3.63) is 33.8 Å². The second-order valence-corrected chi connectivity index (χ2v) is 6.11. The standard InChI is InChI=1S/C14H20F2N6S.HI/c1-4-17-14(20-8-12-21-9(2)10(3)23-12)19-7-11-18-5-6-22(11)13(15)16;/h5-6,13H,4,7-8H2,1-3H3,(H2,17,19,20);1H. The Hall–Kier alpha value is -1.30. The maximum absolute atomic E-state index is 12.8. The molecule has 2 heterocycles. The maximum atomic E-state index is 12.8. The summed E-state index contributed by atoms with van der Waals surface area (Å²) in [6.45, 7) is 4.61. The average Bonchev–Trinajstić information content (AvgIpc) is 3.09. The van der Waals surface area contributed by atoms with Crippen LogP contribution in [0.1, 0.15) is 34.9 Å². The molecule has 0 aliphatic carbocycles. The highest BCUT2D eigenvalue weighted by molar-refractivity contribution is 14.0. The van der Waals surface area contributed by atoms with Crippen LogP contribution in [0, 0.1) is 13.8 Å². The highest BCUT2D eigenvalue weighted by Crippen LogP contribution is 2.16. The van der Waals surface area contributed by atoms with Gasteiger partial charge in [-0.2, -0.15) is 8.78 Å². The lowest BCUT2D eigenvalue weighted by Crippen LogP contribution is -2.36. The van der Waals surface area contributed by atoms with E-state index < -0.39 is 6.55 Å². The first-order chi connectivity index (χ1) is 11.0. The summed E-state index contributed by atoms with van der Waals surface area (Å²) < 4.78 is 26.4. The van der Waals surface area contributed by atoms with Gasteiger partial charge in [-0.25, -0.2) is 15.0 Å². The Morgan fingerprint density at radius 2 is 2.12 bits per heavy atom. The van der Waals surface area contributed by atoms with Gasteiger partial charge in [-0.3, -0.25) is 4.57 Å². The number of alkyl halides is 2. The van der Waals surface area contributed by atoms with Gasteiger partial charge in [-0.1, -0.05) is 0 Å². The molecule has 6 nitrogen and oxygen atoms in total. The van der Waals surface area contributed by atoms with Crippen molar-refractivity contribution < 1.29 is 8.78 Å². The number of guanidine groups is 1. The molecule has 10 heteroatoms. The van der Waals surface area contributed by atoms with Crippen LogP contribution in [0.2, 0.25) is 0 Å². The van der Waals surface area contributed by atoms with Crippen LogP contribution >= 0.6 is 35.3 Å². The zero-order chi connectivity index (χ0) is 16.8. The molecule has 0 radical (unpaired) electrons. The van der Waals surface area contributed by atoms with E-state index in [9.17, 15) is 8.78 Å². The number of hydrogen-bond donors (Lipinski definition) is 2. The predicted molar refractivity (Wildman–Crippen MR) is 102 cm³/mol. The van der Waals surface area contributed by atoms with Crippen LogP contribution in [0.25, 0.3) is 0 Å². The van der Waals surface area contributed by atoms with E-state index in [1.165, 1.54) is 17.3 Å².